The summed E-state index contributed by atoms with van der Waals surface area (Å²) in [5, 5.41) is 1.16. The van der Waals surface area contributed by atoms with Crippen molar-refractivity contribution in [3.63, 3.8) is 0 Å². The van der Waals surface area contributed by atoms with E-state index in [-0.39, 0.29) is 25.9 Å². The monoisotopic (exact) mass is 397 g/mol. The number of aromatic amines is 1. The highest BCUT2D eigenvalue weighted by atomic mass is 16.7. The van der Waals surface area contributed by atoms with Crippen LogP contribution in [0.4, 0.5) is 0 Å². The van der Waals surface area contributed by atoms with Crippen LogP contribution in [0.3, 0.4) is 0 Å². The number of pyridine rings is 1. The molecule has 7 aliphatic heterocycles. The maximum absolute atomic E-state index is 13.0. The van der Waals surface area contributed by atoms with Gasteiger partial charge in [0.15, 0.2) is 23.0 Å². The van der Waals surface area contributed by atoms with Gasteiger partial charge in [0.1, 0.15) is 6.79 Å². The van der Waals surface area contributed by atoms with Gasteiger partial charge in [0, 0.05) is 18.4 Å². The molecule has 0 spiro atoms. The zero-order valence-corrected chi connectivity index (χ0v) is 15.8. The summed E-state index contributed by atoms with van der Waals surface area (Å²) in [6.45, 7) is 0.530. The van der Waals surface area contributed by atoms with E-state index in [0.29, 0.717) is 47.1 Å². The van der Waals surface area contributed by atoms with Crippen molar-refractivity contribution < 1.29 is 28.4 Å². The van der Waals surface area contributed by atoms with Crippen molar-refractivity contribution in [3.8, 4) is 34.3 Å². The van der Waals surface area contributed by atoms with E-state index in [9.17, 15) is 4.79 Å². The van der Waals surface area contributed by atoms with Crippen molar-refractivity contribution in [2.24, 2.45) is 0 Å². The lowest BCUT2D eigenvalue weighted by Gasteiger charge is -2.23. The summed E-state index contributed by atoms with van der Waals surface area (Å²) in [5.74, 6) is 1.80. The Balaban J connectivity index is 1.75. The highest BCUT2D eigenvalue weighted by Gasteiger charge is 2.22. The molecule has 0 atom stereocenters. The minimum Gasteiger partial charge on any atom is -0.454 e. The third-order valence-electron chi connectivity index (χ3n) is 4.95. The molecular weight excluding hydrogens is 378 g/mol. The molecule has 8 heteroatoms. The predicted octanol–water partition coefficient (Wildman–Crippen LogP) is 2.82. The second kappa shape index (κ2) is 7.31. The number of hydrogen-bond donors (Lipinski definition) is 1. The van der Waals surface area contributed by atoms with Crippen molar-refractivity contribution in [3.05, 3.63) is 46.2 Å². The van der Waals surface area contributed by atoms with Gasteiger partial charge in [-0.2, -0.15) is 0 Å². The van der Waals surface area contributed by atoms with E-state index in [0.717, 1.165) is 16.5 Å². The van der Waals surface area contributed by atoms with E-state index in [1.807, 2.05) is 24.3 Å². The number of hydrogen-bond acceptors (Lipinski definition) is 7. The van der Waals surface area contributed by atoms with Crippen LogP contribution in [-0.2, 0) is 15.9 Å². The molecule has 0 saturated carbocycles. The van der Waals surface area contributed by atoms with Crippen LogP contribution in [0.25, 0.3) is 22.0 Å². The van der Waals surface area contributed by atoms with Crippen LogP contribution < -0.4 is 24.5 Å². The molecule has 0 amide bonds. The zero-order chi connectivity index (χ0) is 19.8. The van der Waals surface area contributed by atoms with E-state index < -0.39 is 0 Å². The third-order valence-corrected chi connectivity index (χ3v) is 4.95. The topological polar surface area (TPSA) is 88.2 Å². The number of aromatic nitrogens is 1. The predicted molar refractivity (Wildman–Crippen MR) is 104 cm³/mol. The Kier molecular flexibility index (Phi) is 4.49. The first-order valence-electron chi connectivity index (χ1n) is 9.20. The summed E-state index contributed by atoms with van der Waals surface area (Å²) >= 11 is 0. The second-order valence-corrected chi connectivity index (χ2v) is 6.70. The Bertz CT molecular complexity index is 1140. The summed E-state index contributed by atoms with van der Waals surface area (Å²) in [7, 11) is 1.58. The Morgan fingerprint density at radius 2 is 1.79 bits per heavy atom. The summed E-state index contributed by atoms with van der Waals surface area (Å²) in [6, 6.07) is 9.25. The molecule has 10 rings (SSSR count). The van der Waals surface area contributed by atoms with Crippen LogP contribution >= 0.6 is 0 Å². The minimum absolute atomic E-state index is 0.0398. The van der Waals surface area contributed by atoms with Crippen molar-refractivity contribution in [1.29, 1.82) is 0 Å². The minimum atomic E-state index is -0.257. The van der Waals surface area contributed by atoms with Crippen LogP contribution in [0, 0.1) is 0 Å². The number of benzene rings is 2. The molecule has 1 aromatic heterocycles. The number of nitrogens with one attached hydrogen (secondary N) is 1. The highest BCUT2D eigenvalue weighted by molar-refractivity contribution is 5.92. The smallest absolute Gasteiger partial charge is 0.260 e. The van der Waals surface area contributed by atoms with Gasteiger partial charge >= 0.3 is 0 Å². The number of H-pyrrole nitrogens is 1. The Morgan fingerprint density at radius 3 is 2.66 bits per heavy atom. The lowest BCUT2D eigenvalue weighted by Crippen LogP contribution is -2.18. The van der Waals surface area contributed by atoms with Gasteiger partial charge in [0.05, 0.1) is 12.0 Å². The molecule has 0 aliphatic carbocycles. The average Bonchev–Trinajstić information content (AvgIpc) is 2.71. The van der Waals surface area contributed by atoms with Crippen molar-refractivity contribution in [2.75, 3.05) is 34.1 Å². The van der Waals surface area contributed by atoms with Crippen molar-refractivity contribution in [2.45, 2.75) is 6.42 Å². The summed E-state index contributed by atoms with van der Waals surface area (Å²) in [6.07, 6.45) is 0.594. The van der Waals surface area contributed by atoms with Crippen LogP contribution in [0.5, 0.6) is 23.0 Å². The Morgan fingerprint density at radius 1 is 1.00 bits per heavy atom. The molecule has 0 fully saturated rings. The number of methoxy groups -OCH3 is 1. The van der Waals surface area contributed by atoms with Crippen molar-refractivity contribution in [1.82, 2.24) is 4.98 Å². The van der Waals surface area contributed by atoms with Crippen LogP contribution in [0.2, 0.25) is 0 Å². The largest absolute Gasteiger partial charge is 0.454 e. The lowest BCUT2D eigenvalue weighted by molar-refractivity contribution is -0.0291. The second-order valence-electron chi connectivity index (χ2n) is 6.70. The molecule has 0 radical (unpaired) electrons. The maximum atomic E-state index is 13.0. The summed E-state index contributed by atoms with van der Waals surface area (Å²) < 4.78 is 33.6. The lowest BCUT2D eigenvalue weighted by atomic mass is 9.98. The standard InChI is InChI=1S/C21H19NO7/c1-24-9-25-5-4-12-7-17-18-8-14(12)15-6-13-2-3-16(26-10-27-18)20(29-11-28-17)19(13)21(23)22-15/h2-3,6-8H,4-5,9-11H2,1H3,(H,22,23). The van der Waals surface area contributed by atoms with E-state index >= 15 is 0 Å². The van der Waals surface area contributed by atoms with Crippen LogP contribution in [0.1, 0.15) is 5.56 Å². The maximum Gasteiger partial charge on any atom is 0.260 e. The first-order chi connectivity index (χ1) is 14.2. The molecule has 1 N–H and O–H groups in total. The van der Waals surface area contributed by atoms with Crippen LogP contribution in [-0.4, -0.2) is 39.1 Å². The van der Waals surface area contributed by atoms with Crippen LogP contribution in [0.15, 0.2) is 35.1 Å². The molecule has 2 aromatic carbocycles. The number of ether oxygens (including phenoxy) is 6. The van der Waals surface area contributed by atoms with E-state index in [2.05, 4.69) is 4.98 Å². The molecule has 29 heavy (non-hydrogen) atoms. The van der Waals surface area contributed by atoms with E-state index in [1.54, 1.807) is 13.2 Å². The molecule has 8 heterocycles. The Labute approximate surface area is 165 Å². The first kappa shape index (κ1) is 17.8. The van der Waals surface area contributed by atoms with Gasteiger partial charge in [-0.1, -0.05) is 6.07 Å². The van der Waals surface area contributed by atoms with Crippen molar-refractivity contribution >= 4 is 10.8 Å². The van der Waals surface area contributed by atoms with Gasteiger partial charge in [-0.15, -0.1) is 0 Å². The van der Waals surface area contributed by atoms with Gasteiger partial charge in [0.25, 0.3) is 5.56 Å². The van der Waals surface area contributed by atoms with Gasteiger partial charge in [-0.25, -0.2) is 0 Å². The molecule has 0 unspecified atom stereocenters. The molecule has 150 valence electrons. The molecule has 7 aliphatic rings. The number of rotatable bonds is 5. The summed E-state index contributed by atoms with van der Waals surface area (Å²) in [5.41, 5.74) is 2.20. The normalized spacial score (nSPS) is 14.0. The van der Waals surface area contributed by atoms with E-state index in [4.69, 9.17) is 28.4 Å². The van der Waals surface area contributed by atoms with Gasteiger partial charge < -0.3 is 33.4 Å². The fraction of sp³-hybridized carbons (Fsp3) is 0.286. The quantitative estimate of drug-likeness (QED) is 0.523. The zero-order valence-electron chi connectivity index (χ0n) is 15.8. The summed E-state index contributed by atoms with van der Waals surface area (Å²) in [4.78, 5) is 15.9. The highest BCUT2D eigenvalue weighted by Crippen LogP contribution is 2.41. The molecule has 3 aromatic rings. The van der Waals surface area contributed by atoms with Gasteiger partial charge in [-0.3, -0.25) is 4.79 Å². The molecule has 0 saturated heterocycles. The first-order valence-corrected chi connectivity index (χ1v) is 9.20. The number of fused-ring (bicyclic) bond motifs is 1. The molecule has 8 nitrogen and oxygen atoms in total. The fourth-order valence-electron chi connectivity index (χ4n) is 3.63. The average molecular weight is 397 g/mol. The van der Waals surface area contributed by atoms with E-state index in [1.165, 1.54) is 0 Å². The SMILES string of the molecule is COCOCCc1cc2c3cc1-c1cc4ccc(c(c4c(=O)[nH]1)OCO2)OCO3. The molecular formula is C21H19NO7. The Hall–Kier alpha value is -3.23. The molecule has 8 bridgehead atoms. The third kappa shape index (κ3) is 3.16. The van der Waals surface area contributed by atoms with Gasteiger partial charge in [-0.05, 0) is 41.6 Å². The fourth-order valence-corrected chi connectivity index (χ4v) is 3.63. The van der Waals surface area contributed by atoms with Gasteiger partial charge in [0.2, 0.25) is 13.6 Å².